The van der Waals surface area contributed by atoms with Crippen LogP contribution in [0.4, 0.5) is 37.7 Å². The molecule has 0 fully saturated rings. The summed E-state index contributed by atoms with van der Waals surface area (Å²) in [5, 5.41) is 0. The number of aryl methyl sites for hydroxylation is 2. The molecule has 0 atom stereocenters. The quantitative estimate of drug-likeness (QED) is 0.0322. The zero-order chi connectivity index (χ0) is 46.5. The molecule has 3 aromatic heterocycles. The van der Waals surface area contributed by atoms with Crippen LogP contribution in [-0.4, -0.2) is 8.75 Å². The molecule has 0 radical (unpaired) electrons. The van der Waals surface area contributed by atoms with Crippen LogP contribution in [0.1, 0.15) is 165 Å². The molecular weight excluding hydrogens is 923 g/mol. The minimum absolute atomic E-state index is 0.338. The Hall–Kier alpha value is -3.59. The first kappa shape index (κ1) is 50.3. The summed E-state index contributed by atoms with van der Waals surface area (Å²) >= 11 is 5.46. The van der Waals surface area contributed by atoms with Crippen LogP contribution < -0.4 is 9.44 Å². The first-order valence-corrected chi connectivity index (χ1v) is 27.3. The number of hydrogen-bond donors (Lipinski definition) is 2. The third kappa shape index (κ3) is 12.9. The molecule has 6 aromatic rings. The second-order valence-corrected chi connectivity index (χ2v) is 21.0. The minimum atomic E-state index is -4.43. The maximum Gasteiger partial charge on any atom is 0.416 e. The van der Waals surface area contributed by atoms with Crippen molar-refractivity contribution < 1.29 is 26.3 Å². The van der Waals surface area contributed by atoms with E-state index in [4.69, 9.17) is 8.75 Å². The molecule has 66 heavy (non-hydrogen) atoms. The number of hydrogen-bond acceptors (Lipinski definition) is 8. The van der Waals surface area contributed by atoms with Crippen molar-refractivity contribution >= 4 is 68.9 Å². The van der Waals surface area contributed by atoms with Crippen molar-refractivity contribution in [1.29, 1.82) is 0 Å². The van der Waals surface area contributed by atoms with E-state index in [-0.39, 0.29) is 0 Å². The van der Waals surface area contributed by atoms with Crippen molar-refractivity contribution in [2.24, 2.45) is 0 Å². The zero-order valence-electron chi connectivity index (χ0n) is 38.1. The number of alkyl halides is 6. The first-order chi connectivity index (χ1) is 32.0. The van der Waals surface area contributed by atoms with E-state index in [0.717, 1.165) is 116 Å². The molecule has 1 aliphatic heterocycles. The fourth-order valence-corrected chi connectivity index (χ4v) is 12.5. The molecule has 0 saturated carbocycles. The van der Waals surface area contributed by atoms with Crippen LogP contribution in [0.5, 0.6) is 0 Å². The lowest BCUT2D eigenvalue weighted by Crippen LogP contribution is -2.09. The Labute approximate surface area is 403 Å². The molecule has 4 nitrogen and oxygen atoms in total. The van der Waals surface area contributed by atoms with E-state index < -0.39 is 23.5 Å². The standard InChI is InChI=1S/C52H62F6N4S4/c1-3-5-7-9-11-13-15-17-19-21-23-35-33-37(25-27-39(35)51(53,54)55)41-29-31-43(63-41)45-47-49(61-65-59-47)46(50-48(45)60-66-62-50)44-32-30-42(64-44)38-26-28-40(52(56,57)58)36(34-38)24-22-20-18-16-14-12-10-8-6-4-2/h25-34,59,61H,3-24H2,1-2H3. The number of nitrogens with zero attached hydrogens (tertiary/aromatic N) is 2. The molecule has 7 rings (SSSR count). The van der Waals surface area contributed by atoms with E-state index >= 15 is 0 Å². The normalized spacial score (nSPS) is 12.8. The molecule has 0 saturated heterocycles. The van der Waals surface area contributed by atoms with Gasteiger partial charge >= 0.3 is 12.4 Å². The van der Waals surface area contributed by atoms with Gasteiger partial charge in [-0.1, -0.05) is 142 Å². The number of thiophene rings is 2. The predicted molar refractivity (Wildman–Crippen MR) is 271 cm³/mol. The monoisotopic (exact) mass is 984 g/mol. The lowest BCUT2D eigenvalue weighted by molar-refractivity contribution is -0.139. The van der Waals surface area contributed by atoms with Gasteiger partial charge < -0.3 is 9.44 Å². The highest BCUT2D eigenvalue weighted by atomic mass is 32.2. The number of benzene rings is 3. The van der Waals surface area contributed by atoms with Crippen LogP contribution in [0.25, 0.3) is 52.8 Å². The Morgan fingerprint density at radius 3 is 1.15 bits per heavy atom. The molecule has 356 valence electrons. The van der Waals surface area contributed by atoms with Crippen LogP contribution in [0, 0.1) is 0 Å². The SMILES string of the molecule is CCCCCCCCCCCCc1cc(-c2ccc(-c3c4c(c(-c5ccc(-c6ccc(C(F)(F)F)c(CCCCCCCCCCCC)c6)s5)c5nsnc35)NSN4)s2)ccc1C(F)(F)F. The summed E-state index contributed by atoms with van der Waals surface area (Å²) in [6.07, 6.45) is 14.5. The molecule has 4 heterocycles. The van der Waals surface area contributed by atoms with E-state index in [1.54, 1.807) is 24.3 Å². The summed E-state index contributed by atoms with van der Waals surface area (Å²) in [5.41, 5.74) is 5.86. The Morgan fingerprint density at radius 2 is 0.788 bits per heavy atom. The van der Waals surface area contributed by atoms with E-state index in [1.807, 2.05) is 24.3 Å². The van der Waals surface area contributed by atoms with Crippen molar-refractivity contribution in [1.82, 2.24) is 8.75 Å². The van der Waals surface area contributed by atoms with Crippen LogP contribution in [0.3, 0.4) is 0 Å². The van der Waals surface area contributed by atoms with Crippen LogP contribution in [-0.2, 0) is 25.2 Å². The maximum atomic E-state index is 14.2. The van der Waals surface area contributed by atoms with Crippen molar-refractivity contribution in [2.45, 2.75) is 167 Å². The van der Waals surface area contributed by atoms with Gasteiger partial charge in [0.1, 0.15) is 11.0 Å². The van der Waals surface area contributed by atoms with Gasteiger partial charge in [-0.05, 0) is 96.5 Å². The molecular formula is C52H62F6N4S4. The van der Waals surface area contributed by atoms with E-state index in [1.165, 1.54) is 124 Å². The van der Waals surface area contributed by atoms with Crippen LogP contribution in [0.2, 0.25) is 0 Å². The van der Waals surface area contributed by atoms with Gasteiger partial charge in [-0.15, -0.1) is 22.7 Å². The van der Waals surface area contributed by atoms with Gasteiger partial charge in [0.15, 0.2) is 0 Å². The van der Waals surface area contributed by atoms with Gasteiger partial charge in [0, 0.05) is 30.6 Å². The van der Waals surface area contributed by atoms with Gasteiger partial charge in [0.25, 0.3) is 0 Å². The lowest BCUT2D eigenvalue weighted by Gasteiger charge is -2.14. The smallest absolute Gasteiger partial charge is 0.309 e. The highest BCUT2D eigenvalue weighted by Gasteiger charge is 2.35. The summed E-state index contributed by atoms with van der Waals surface area (Å²) in [7, 11) is 0. The molecule has 3 aromatic carbocycles. The number of unbranched alkanes of at least 4 members (excludes halogenated alkanes) is 18. The van der Waals surface area contributed by atoms with Crippen molar-refractivity contribution in [3.63, 3.8) is 0 Å². The van der Waals surface area contributed by atoms with Gasteiger partial charge in [-0.25, -0.2) is 0 Å². The number of rotatable bonds is 26. The van der Waals surface area contributed by atoms with Gasteiger partial charge in [0.05, 0.1) is 46.4 Å². The maximum absolute atomic E-state index is 14.2. The largest absolute Gasteiger partial charge is 0.416 e. The third-order valence-corrected chi connectivity index (χ3v) is 16.2. The lowest BCUT2D eigenvalue weighted by atomic mass is 9.97. The van der Waals surface area contributed by atoms with E-state index in [2.05, 4.69) is 23.3 Å². The summed E-state index contributed by atoms with van der Waals surface area (Å²) in [4.78, 5) is 3.54. The predicted octanol–water partition coefficient (Wildman–Crippen LogP) is 19.8. The number of fused-ring (bicyclic) bond motifs is 2. The number of nitrogens with one attached hydrogen (secondary N) is 2. The van der Waals surface area contributed by atoms with Gasteiger partial charge in [0.2, 0.25) is 0 Å². The van der Waals surface area contributed by atoms with Gasteiger partial charge in [-0.2, -0.15) is 35.1 Å². The molecule has 0 aliphatic carbocycles. The topological polar surface area (TPSA) is 49.8 Å². The average molecular weight is 985 g/mol. The Bertz CT molecular complexity index is 2300. The second kappa shape index (κ2) is 24.1. The van der Waals surface area contributed by atoms with Crippen molar-refractivity contribution in [3.05, 3.63) is 82.9 Å². The number of anilines is 2. The van der Waals surface area contributed by atoms with Crippen molar-refractivity contribution in [2.75, 3.05) is 9.44 Å². The molecule has 0 amide bonds. The van der Waals surface area contributed by atoms with Crippen molar-refractivity contribution in [3.8, 4) is 41.8 Å². The Morgan fingerprint density at radius 1 is 0.439 bits per heavy atom. The zero-order valence-corrected chi connectivity index (χ0v) is 41.4. The molecule has 0 bridgehead atoms. The number of halogens is 6. The summed E-state index contributed by atoms with van der Waals surface area (Å²) < 4.78 is 102. The first-order valence-electron chi connectivity index (χ1n) is 24.1. The van der Waals surface area contributed by atoms with Crippen LogP contribution in [0.15, 0.2) is 60.7 Å². The molecule has 2 N–H and O–H groups in total. The highest BCUT2D eigenvalue weighted by Crippen LogP contribution is 2.55. The summed E-state index contributed by atoms with van der Waals surface area (Å²) in [6.45, 7) is 4.42. The van der Waals surface area contributed by atoms with Crippen LogP contribution >= 0.6 is 46.5 Å². The highest BCUT2D eigenvalue weighted by molar-refractivity contribution is 8.02. The van der Waals surface area contributed by atoms with E-state index in [0.29, 0.717) is 35.0 Å². The molecule has 0 unspecified atom stereocenters. The molecule has 14 heteroatoms. The minimum Gasteiger partial charge on any atom is -0.309 e. The molecule has 1 aliphatic rings. The summed E-state index contributed by atoms with van der Waals surface area (Å²) in [6, 6.07) is 17.0. The Balaban J connectivity index is 1.08. The summed E-state index contributed by atoms with van der Waals surface area (Å²) in [5.74, 6) is 0. The Kier molecular flexibility index (Phi) is 18.4. The fraction of sp³-hybridized carbons (Fsp3) is 0.500. The fourth-order valence-electron chi connectivity index (χ4n) is 9.14. The molecule has 0 spiro atoms. The second-order valence-electron chi connectivity index (χ2n) is 17.7. The number of aromatic nitrogens is 2. The van der Waals surface area contributed by atoms with E-state index in [9.17, 15) is 26.3 Å². The van der Waals surface area contributed by atoms with Gasteiger partial charge in [-0.3, -0.25) is 0 Å². The average Bonchev–Trinajstić information content (AvgIpc) is 4.15. The third-order valence-electron chi connectivity index (χ3n) is 12.7.